The van der Waals surface area contributed by atoms with Crippen LogP contribution in [-0.4, -0.2) is 29.9 Å². The van der Waals surface area contributed by atoms with Gasteiger partial charge in [-0.25, -0.2) is 8.42 Å². The lowest BCUT2D eigenvalue weighted by molar-refractivity contribution is 0.274. The van der Waals surface area contributed by atoms with Crippen LogP contribution in [0.2, 0.25) is 0 Å². The molecule has 0 radical (unpaired) electrons. The molecule has 1 heterocycles. The molecule has 1 aromatic carbocycles. The van der Waals surface area contributed by atoms with Crippen LogP contribution in [0.25, 0.3) is 0 Å². The normalized spacial score (nSPS) is 20.2. The second-order valence-electron chi connectivity index (χ2n) is 5.26. The summed E-state index contributed by atoms with van der Waals surface area (Å²) < 4.78 is 26.8. The summed E-state index contributed by atoms with van der Waals surface area (Å²) in [5.41, 5.74) is 0.113. The molecule has 4 nitrogen and oxygen atoms in total. The molecule has 2 rings (SSSR count). The third-order valence-corrected chi connectivity index (χ3v) is 5.75. The number of aliphatic hydroxyl groups excluding tert-OH is 1. The van der Waals surface area contributed by atoms with Crippen LogP contribution >= 0.6 is 0 Å². The molecule has 0 atom stereocenters. The Morgan fingerprint density at radius 2 is 2.00 bits per heavy atom. The van der Waals surface area contributed by atoms with Gasteiger partial charge in [-0.2, -0.15) is 4.31 Å². The van der Waals surface area contributed by atoms with Crippen molar-refractivity contribution in [3.8, 4) is 0 Å². The minimum Gasteiger partial charge on any atom is -0.392 e. The highest BCUT2D eigenvalue weighted by Gasteiger charge is 2.41. The van der Waals surface area contributed by atoms with E-state index in [1.54, 1.807) is 28.6 Å². The Morgan fingerprint density at radius 3 is 2.56 bits per heavy atom. The van der Waals surface area contributed by atoms with Crippen LogP contribution in [0.5, 0.6) is 0 Å². The molecule has 18 heavy (non-hydrogen) atoms. The Kier molecular flexibility index (Phi) is 3.49. The highest BCUT2D eigenvalue weighted by molar-refractivity contribution is 7.89. The molecule has 0 unspecified atom stereocenters. The van der Waals surface area contributed by atoms with Crippen LogP contribution in [0.1, 0.15) is 32.3 Å². The number of rotatable bonds is 3. The Bertz CT molecular complexity index is 537. The van der Waals surface area contributed by atoms with Crippen molar-refractivity contribution >= 4 is 10.0 Å². The molecule has 1 aromatic rings. The van der Waals surface area contributed by atoms with Crippen molar-refractivity contribution in [1.29, 1.82) is 0 Å². The van der Waals surface area contributed by atoms with Crippen molar-refractivity contribution in [2.75, 3.05) is 6.54 Å². The van der Waals surface area contributed by atoms with Gasteiger partial charge in [-0.05, 0) is 38.3 Å². The average Bonchev–Trinajstić information content (AvgIpc) is 2.69. The predicted octanol–water partition coefficient (Wildman–Crippen LogP) is 1.74. The number of hydrogen-bond donors (Lipinski definition) is 1. The number of benzene rings is 1. The molecule has 1 aliphatic rings. The zero-order chi connectivity index (χ0) is 13.4. The van der Waals surface area contributed by atoms with Gasteiger partial charge in [0.15, 0.2) is 0 Å². The van der Waals surface area contributed by atoms with Gasteiger partial charge in [0.1, 0.15) is 0 Å². The van der Waals surface area contributed by atoms with Crippen molar-refractivity contribution in [2.24, 2.45) is 0 Å². The topological polar surface area (TPSA) is 57.6 Å². The van der Waals surface area contributed by atoms with E-state index in [-0.39, 0.29) is 17.0 Å². The van der Waals surface area contributed by atoms with E-state index in [4.69, 9.17) is 0 Å². The molecule has 0 aliphatic carbocycles. The summed E-state index contributed by atoms with van der Waals surface area (Å²) in [4.78, 5) is 0.225. The van der Waals surface area contributed by atoms with Crippen molar-refractivity contribution in [3.05, 3.63) is 29.8 Å². The molecule has 5 heteroatoms. The molecule has 1 aliphatic heterocycles. The van der Waals surface area contributed by atoms with E-state index in [2.05, 4.69) is 0 Å². The number of sulfonamides is 1. The van der Waals surface area contributed by atoms with Crippen molar-refractivity contribution in [2.45, 2.75) is 43.7 Å². The molecule has 1 N–H and O–H groups in total. The first-order valence-corrected chi connectivity index (χ1v) is 7.55. The van der Waals surface area contributed by atoms with E-state index in [0.717, 1.165) is 12.8 Å². The molecular formula is C13H19NO3S. The standard InChI is InChI=1S/C13H19NO3S/c1-13(2)8-5-9-14(13)18(16,17)12-7-4-3-6-11(12)10-15/h3-4,6-7,15H,5,8-10H2,1-2H3. The molecule has 1 saturated heterocycles. The summed E-state index contributed by atoms with van der Waals surface area (Å²) in [6.45, 7) is 4.18. The van der Waals surface area contributed by atoms with Crippen LogP contribution in [0.15, 0.2) is 29.2 Å². The van der Waals surface area contributed by atoms with E-state index in [0.29, 0.717) is 12.1 Å². The largest absolute Gasteiger partial charge is 0.392 e. The maximum atomic E-state index is 12.6. The number of nitrogens with zero attached hydrogens (tertiary/aromatic N) is 1. The fraction of sp³-hybridized carbons (Fsp3) is 0.538. The zero-order valence-electron chi connectivity index (χ0n) is 10.8. The zero-order valence-corrected chi connectivity index (χ0v) is 11.6. The summed E-state index contributed by atoms with van der Waals surface area (Å²) in [6, 6.07) is 6.64. The molecule has 1 fully saturated rings. The van der Waals surface area contributed by atoms with Crippen LogP contribution in [-0.2, 0) is 16.6 Å². The van der Waals surface area contributed by atoms with Gasteiger partial charge in [-0.3, -0.25) is 0 Å². The number of hydrogen-bond acceptors (Lipinski definition) is 3. The van der Waals surface area contributed by atoms with E-state index in [9.17, 15) is 13.5 Å². The van der Waals surface area contributed by atoms with Gasteiger partial charge in [-0.1, -0.05) is 18.2 Å². The van der Waals surface area contributed by atoms with Gasteiger partial charge in [0.2, 0.25) is 10.0 Å². The highest BCUT2D eigenvalue weighted by atomic mass is 32.2. The Balaban J connectivity index is 2.49. The van der Waals surface area contributed by atoms with Gasteiger partial charge in [0, 0.05) is 12.1 Å². The quantitative estimate of drug-likeness (QED) is 0.909. The fourth-order valence-corrected chi connectivity index (χ4v) is 4.60. The van der Waals surface area contributed by atoms with E-state index < -0.39 is 10.0 Å². The maximum Gasteiger partial charge on any atom is 0.243 e. The average molecular weight is 269 g/mol. The smallest absolute Gasteiger partial charge is 0.243 e. The van der Waals surface area contributed by atoms with Crippen LogP contribution < -0.4 is 0 Å². The van der Waals surface area contributed by atoms with Crippen LogP contribution in [0.3, 0.4) is 0 Å². The lowest BCUT2D eigenvalue weighted by Gasteiger charge is -2.31. The third-order valence-electron chi connectivity index (χ3n) is 3.54. The van der Waals surface area contributed by atoms with Gasteiger partial charge in [-0.15, -0.1) is 0 Å². The van der Waals surface area contributed by atoms with Gasteiger partial charge in [0.05, 0.1) is 11.5 Å². The molecule has 100 valence electrons. The van der Waals surface area contributed by atoms with Crippen LogP contribution in [0, 0.1) is 0 Å². The van der Waals surface area contributed by atoms with Gasteiger partial charge < -0.3 is 5.11 Å². The summed E-state index contributed by atoms with van der Waals surface area (Å²) >= 11 is 0. The molecule has 0 spiro atoms. The summed E-state index contributed by atoms with van der Waals surface area (Å²) in [7, 11) is -3.52. The number of aliphatic hydroxyl groups is 1. The molecule has 0 bridgehead atoms. The van der Waals surface area contributed by atoms with E-state index in [1.165, 1.54) is 0 Å². The minimum absolute atomic E-state index is 0.225. The van der Waals surface area contributed by atoms with Crippen LogP contribution in [0.4, 0.5) is 0 Å². The van der Waals surface area contributed by atoms with Crippen molar-refractivity contribution < 1.29 is 13.5 Å². The maximum absolute atomic E-state index is 12.6. The van der Waals surface area contributed by atoms with Gasteiger partial charge in [0.25, 0.3) is 0 Å². The Labute approximate surface area is 108 Å². The molecule has 0 amide bonds. The summed E-state index contributed by atoms with van der Waals surface area (Å²) in [5.74, 6) is 0. The lowest BCUT2D eigenvalue weighted by atomic mass is 10.0. The molecular weight excluding hydrogens is 250 g/mol. The van der Waals surface area contributed by atoms with Crippen molar-refractivity contribution in [3.63, 3.8) is 0 Å². The first-order chi connectivity index (χ1) is 8.39. The molecule has 0 aromatic heterocycles. The fourth-order valence-electron chi connectivity index (χ4n) is 2.53. The van der Waals surface area contributed by atoms with Crippen molar-refractivity contribution in [1.82, 2.24) is 4.31 Å². The molecule has 0 saturated carbocycles. The highest BCUT2D eigenvalue weighted by Crippen LogP contribution is 2.34. The second kappa shape index (κ2) is 4.64. The third kappa shape index (κ3) is 2.18. The summed E-state index contributed by atoms with van der Waals surface area (Å²) in [6.07, 6.45) is 1.75. The predicted molar refractivity (Wildman–Crippen MR) is 69.6 cm³/mol. The Hall–Kier alpha value is -0.910. The minimum atomic E-state index is -3.52. The lowest BCUT2D eigenvalue weighted by Crippen LogP contribution is -2.42. The monoisotopic (exact) mass is 269 g/mol. The first kappa shape index (κ1) is 13.5. The van der Waals surface area contributed by atoms with Gasteiger partial charge >= 0.3 is 0 Å². The second-order valence-corrected chi connectivity index (χ2v) is 7.09. The first-order valence-electron chi connectivity index (χ1n) is 6.11. The summed E-state index contributed by atoms with van der Waals surface area (Å²) in [5, 5.41) is 9.27. The van der Waals surface area contributed by atoms with E-state index in [1.807, 2.05) is 13.8 Å². The van der Waals surface area contributed by atoms with E-state index >= 15 is 0 Å². The Morgan fingerprint density at radius 1 is 1.33 bits per heavy atom. The SMILES string of the molecule is CC1(C)CCCN1S(=O)(=O)c1ccccc1CO.